The first-order chi connectivity index (χ1) is 6.95. The summed E-state index contributed by atoms with van der Waals surface area (Å²) in [4.78, 5) is 0. The van der Waals surface area contributed by atoms with Crippen LogP contribution in [0.2, 0.25) is 0 Å². The highest BCUT2D eigenvalue weighted by molar-refractivity contribution is 4.92. The second kappa shape index (κ2) is 5.12. The average Bonchev–Trinajstić information content (AvgIpc) is 2.58. The van der Waals surface area contributed by atoms with E-state index in [1.165, 1.54) is 19.3 Å². The lowest BCUT2D eigenvalue weighted by atomic mass is 10.1. The molecule has 0 amide bonds. The van der Waals surface area contributed by atoms with E-state index in [1.54, 1.807) is 6.20 Å². The Balaban J connectivity index is 1.73. The molecule has 1 aromatic heterocycles. The van der Waals surface area contributed by atoms with E-state index in [9.17, 15) is 0 Å². The number of aromatic nitrogens is 1. The predicted octanol–water partition coefficient (Wildman–Crippen LogP) is 0.906. The van der Waals surface area contributed by atoms with Gasteiger partial charge < -0.3 is 15.2 Å². The van der Waals surface area contributed by atoms with E-state index in [4.69, 9.17) is 4.52 Å². The van der Waals surface area contributed by atoms with Crippen LogP contribution < -0.4 is 10.6 Å². The normalized spacial score (nSPS) is 23.3. The molecule has 4 heteroatoms. The number of rotatable bonds is 3. The number of nitrogens with one attached hydrogen (secondary N) is 2. The summed E-state index contributed by atoms with van der Waals surface area (Å²) in [7, 11) is 0. The summed E-state index contributed by atoms with van der Waals surface area (Å²) in [5.74, 6) is 0.919. The van der Waals surface area contributed by atoms with Crippen molar-refractivity contribution in [3.8, 4) is 0 Å². The van der Waals surface area contributed by atoms with Crippen LogP contribution in [0.3, 0.4) is 0 Å². The molecule has 2 N–H and O–H groups in total. The molecule has 1 fully saturated rings. The Morgan fingerprint density at radius 1 is 1.50 bits per heavy atom. The van der Waals surface area contributed by atoms with Crippen LogP contribution in [0.4, 0.5) is 0 Å². The second-order valence-electron chi connectivity index (χ2n) is 3.74. The molecule has 1 aliphatic rings. The molecule has 0 saturated carbocycles. The van der Waals surface area contributed by atoms with Crippen molar-refractivity contribution in [1.82, 2.24) is 15.8 Å². The second-order valence-corrected chi connectivity index (χ2v) is 3.74. The van der Waals surface area contributed by atoms with Crippen LogP contribution in [0.5, 0.6) is 0 Å². The van der Waals surface area contributed by atoms with Crippen LogP contribution in [-0.4, -0.2) is 24.3 Å². The summed E-state index contributed by atoms with van der Waals surface area (Å²) in [5.41, 5.74) is 0. The lowest BCUT2D eigenvalue weighted by Gasteiger charge is -2.14. The quantitative estimate of drug-likeness (QED) is 0.752. The highest BCUT2D eigenvalue weighted by Crippen LogP contribution is 2.06. The maximum Gasteiger partial charge on any atom is 0.150 e. The van der Waals surface area contributed by atoms with Gasteiger partial charge >= 0.3 is 0 Å². The maximum atomic E-state index is 5.03. The van der Waals surface area contributed by atoms with Crippen LogP contribution in [0.15, 0.2) is 16.8 Å². The summed E-state index contributed by atoms with van der Waals surface area (Å²) < 4.78 is 5.03. The van der Waals surface area contributed by atoms with Gasteiger partial charge in [0.2, 0.25) is 0 Å². The smallest absolute Gasteiger partial charge is 0.150 e. The number of hydrogen-bond acceptors (Lipinski definition) is 4. The number of nitrogens with zero attached hydrogens (tertiary/aromatic N) is 1. The maximum absolute atomic E-state index is 5.03. The molecule has 1 atom stereocenters. The lowest BCUT2D eigenvalue weighted by molar-refractivity contribution is 0.356. The van der Waals surface area contributed by atoms with Gasteiger partial charge in [0.1, 0.15) is 5.76 Å². The minimum atomic E-state index is 0.620. The van der Waals surface area contributed by atoms with Crippen LogP contribution in [-0.2, 0) is 6.54 Å². The molecule has 0 bridgehead atoms. The molecule has 0 radical (unpaired) electrons. The van der Waals surface area contributed by atoms with Crippen molar-refractivity contribution in [2.75, 3.05) is 13.1 Å². The summed E-state index contributed by atoms with van der Waals surface area (Å²) in [6, 6.07) is 2.53. The molecule has 1 unspecified atom stereocenters. The average molecular weight is 195 g/mol. The summed E-state index contributed by atoms with van der Waals surface area (Å²) in [6.07, 6.45) is 5.40. The molecule has 2 heterocycles. The van der Waals surface area contributed by atoms with Gasteiger partial charge in [0, 0.05) is 12.1 Å². The van der Waals surface area contributed by atoms with Gasteiger partial charge in [-0.2, -0.15) is 0 Å². The van der Waals surface area contributed by atoms with Crippen molar-refractivity contribution < 1.29 is 4.52 Å². The molecule has 2 rings (SSSR count). The van der Waals surface area contributed by atoms with Crippen molar-refractivity contribution in [3.05, 3.63) is 18.0 Å². The van der Waals surface area contributed by atoms with Gasteiger partial charge in [-0.1, -0.05) is 5.16 Å². The largest absolute Gasteiger partial charge is 0.360 e. The Labute approximate surface area is 84.0 Å². The first-order valence-electron chi connectivity index (χ1n) is 5.29. The standard InChI is InChI=1S/C10H17N3O/c1-2-9(3-6-11-5-1)12-8-10-4-7-13-14-10/h4,7,9,11-12H,1-3,5-6,8H2. The molecule has 0 spiro atoms. The Hall–Kier alpha value is -0.870. The predicted molar refractivity (Wildman–Crippen MR) is 53.9 cm³/mol. The zero-order chi connectivity index (χ0) is 9.64. The molecule has 1 saturated heterocycles. The van der Waals surface area contributed by atoms with E-state index in [0.717, 1.165) is 25.4 Å². The zero-order valence-electron chi connectivity index (χ0n) is 8.33. The van der Waals surface area contributed by atoms with E-state index >= 15 is 0 Å². The van der Waals surface area contributed by atoms with Crippen LogP contribution in [0.1, 0.15) is 25.0 Å². The third-order valence-corrected chi connectivity index (χ3v) is 2.63. The minimum Gasteiger partial charge on any atom is -0.360 e. The van der Waals surface area contributed by atoms with E-state index in [-0.39, 0.29) is 0 Å². The van der Waals surface area contributed by atoms with Gasteiger partial charge in [0.25, 0.3) is 0 Å². The fourth-order valence-electron chi connectivity index (χ4n) is 1.80. The highest BCUT2D eigenvalue weighted by Gasteiger charge is 2.11. The molecule has 0 aromatic carbocycles. The first-order valence-corrected chi connectivity index (χ1v) is 5.29. The highest BCUT2D eigenvalue weighted by atomic mass is 16.5. The van der Waals surface area contributed by atoms with E-state index in [1.807, 2.05) is 6.07 Å². The van der Waals surface area contributed by atoms with Gasteiger partial charge in [-0.15, -0.1) is 0 Å². The molecule has 4 nitrogen and oxygen atoms in total. The van der Waals surface area contributed by atoms with Gasteiger partial charge in [0.15, 0.2) is 0 Å². The minimum absolute atomic E-state index is 0.620. The molecular weight excluding hydrogens is 178 g/mol. The summed E-state index contributed by atoms with van der Waals surface area (Å²) in [6.45, 7) is 3.07. The fraction of sp³-hybridized carbons (Fsp3) is 0.700. The fourth-order valence-corrected chi connectivity index (χ4v) is 1.80. The van der Waals surface area contributed by atoms with Crippen LogP contribution >= 0.6 is 0 Å². The molecular formula is C10H17N3O. The third kappa shape index (κ3) is 2.82. The third-order valence-electron chi connectivity index (χ3n) is 2.63. The van der Waals surface area contributed by atoms with Gasteiger partial charge in [-0.25, -0.2) is 0 Å². The van der Waals surface area contributed by atoms with E-state index in [0.29, 0.717) is 6.04 Å². The monoisotopic (exact) mass is 195 g/mol. The van der Waals surface area contributed by atoms with Crippen molar-refractivity contribution >= 4 is 0 Å². The van der Waals surface area contributed by atoms with Gasteiger partial charge in [-0.3, -0.25) is 0 Å². The summed E-state index contributed by atoms with van der Waals surface area (Å²) >= 11 is 0. The van der Waals surface area contributed by atoms with E-state index in [2.05, 4.69) is 15.8 Å². The van der Waals surface area contributed by atoms with Crippen molar-refractivity contribution in [3.63, 3.8) is 0 Å². The topological polar surface area (TPSA) is 50.1 Å². The zero-order valence-corrected chi connectivity index (χ0v) is 8.33. The van der Waals surface area contributed by atoms with Crippen molar-refractivity contribution in [1.29, 1.82) is 0 Å². The van der Waals surface area contributed by atoms with Crippen molar-refractivity contribution in [2.45, 2.75) is 31.8 Å². The van der Waals surface area contributed by atoms with E-state index < -0.39 is 0 Å². The Morgan fingerprint density at radius 2 is 2.50 bits per heavy atom. The van der Waals surface area contributed by atoms with Crippen LogP contribution in [0.25, 0.3) is 0 Å². The van der Waals surface area contributed by atoms with Crippen LogP contribution in [0, 0.1) is 0 Å². The summed E-state index contributed by atoms with van der Waals surface area (Å²) in [5, 5.41) is 10.6. The van der Waals surface area contributed by atoms with Crippen molar-refractivity contribution in [2.24, 2.45) is 0 Å². The molecule has 1 aromatic rings. The first kappa shape index (κ1) is 9.68. The SMILES string of the molecule is c1cc(CNC2CCCNCC2)on1. The van der Waals surface area contributed by atoms with Gasteiger partial charge in [0.05, 0.1) is 12.7 Å². The molecule has 78 valence electrons. The lowest BCUT2D eigenvalue weighted by Crippen LogP contribution is -2.29. The Kier molecular flexibility index (Phi) is 3.54. The van der Waals surface area contributed by atoms with Gasteiger partial charge in [-0.05, 0) is 32.4 Å². The Bertz CT molecular complexity index is 240. The number of hydrogen-bond donors (Lipinski definition) is 2. The molecule has 14 heavy (non-hydrogen) atoms. The molecule has 0 aliphatic carbocycles. The Morgan fingerprint density at radius 3 is 3.36 bits per heavy atom. The molecule has 1 aliphatic heterocycles.